The van der Waals surface area contributed by atoms with Crippen LogP contribution in [0.1, 0.15) is 33.1 Å². The van der Waals surface area contributed by atoms with Crippen molar-refractivity contribution in [2.45, 2.75) is 33.1 Å². The van der Waals surface area contributed by atoms with E-state index in [0.29, 0.717) is 18.0 Å². The van der Waals surface area contributed by atoms with E-state index >= 15 is 0 Å². The number of esters is 1. The number of ether oxygens (including phenoxy) is 1. The fraction of sp³-hybridized carbons (Fsp3) is 0.375. The lowest BCUT2D eigenvalue weighted by Gasteiger charge is -2.11. The van der Waals surface area contributed by atoms with Crippen LogP contribution in [0.2, 0.25) is 0 Å². The van der Waals surface area contributed by atoms with Crippen LogP contribution in [0.25, 0.3) is 0 Å². The molecule has 0 saturated heterocycles. The number of carbonyl (C=O) groups excluding carboxylic acids is 3. The van der Waals surface area contributed by atoms with Gasteiger partial charge in [-0.15, -0.1) is 0 Å². The van der Waals surface area contributed by atoms with Gasteiger partial charge in [0.1, 0.15) is 0 Å². The summed E-state index contributed by atoms with van der Waals surface area (Å²) in [4.78, 5) is 34.1. The van der Waals surface area contributed by atoms with E-state index in [9.17, 15) is 14.4 Å². The molecular weight excluding hydrogens is 330 g/mol. The molecule has 0 fully saturated rings. The molecule has 0 aliphatic rings. The average molecular weight is 351 g/mol. The highest BCUT2D eigenvalue weighted by molar-refractivity contribution is 7.80. The molecule has 0 spiro atoms. The van der Waals surface area contributed by atoms with E-state index in [1.54, 1.807) is 24.3 Å². The van der Waals surface area contributed by atoms with Gasteiger partial charge in [0, 0.05) is 24.7 Å². The molecule has 0 bridgehead atoms. The lowest BCUT2D eigenvalue weighted by molar-refractivity contribution is -0.144. The highest BCUT2D eigenvalue weighted by Gasteiger charge is 2.09. The van der Waals surface area contributed by atoms with Gasteiger partial charge in [-0.2, -0.15) is 0 Å². The number of amides is 2. The molecule has 1 aromatic rings. The third kappa shape index (κ3) is 8.23. The molecule has 24 heavy (non-hydrogen) atoms. The van der Waals surface area contributed by atoms with E-state index in [0.717, 1.165) is 6.42 Å². The Hall–Kier alpha value is -2.48. The van der Waals surface area contributed by atoms with Gasteiger partial charge in [0.25, 0.3) is 0 Å². The number of hydrogen-bond acceptors (Lipinski definition) is 5. The molecule has 0 radical (unpaired) electrons. The molecular formula is C16H21N3O4S. The molecule has 130 valence electrons. The van der Waals surface area contributed by atoms with Gasteiger partial charge >= 0.3 is 5.97 Å². The van der Waals surface area contributed by atoms with Crippen LogP contribution < -0.4 is 16.0 Å². The highest BCUT2D eigenvalue weighted by Crippen LogP contribution is 2.14. The van der Waals surface area contributed by atoms with Crippen LogP contribution in [0.4, 0.5) is 11.4 Å². The SMILES string of the molecule is CCCOC(=O)CCC(=O)NC(=S)Nc1cccc(NC(C)=O)c1. The first-order chi connectivity index (χ1) is 11.4. The van der Waals surface area contributed by atoms with Crippen molar-refractivity contribution in [1.82, 2.24) is 5.32 Å². The average Bonchev–Trinajstić information content (AvgIpc) is 2.50. The zero-order valence-electron chi connectivity index (χ0n) is 13.7. The van der Waals surface area contributed by atoms with Crippen LogP contribution in [0.15, 0.2) is 24.3 Å². The summed E-state index contributed by atoms with van der Waals surface area (Å²) in [5, 5.41) is 8.09. The lowest BCUT2D eigenvalue weighted by atomic mass is 10.2. The fourth-order valence-electron chi connectivity index (χ4n) is 1.73. The van der Waals surface area contributed by atoms with E-state index in [4.69, 9.17) is 17.0 Å². The molecule has 0 unspecified atom stereocenters. The van der Waals surface area contributed by atoms with Gasteiger partial charge in [0.05, 0.1) is 13.0 Å². The highest BCUT2D eigenvalue weighted by atomic mass is 32.1. The number of carbonyl (C=O) groups is 3. The third-order valence-electron chi connectivity index (χ3n) is 2.72. The quantitative estimate of drug-likeness (QED) is 0.515. The molecule has 1 rings (SSSR count). The van der Waals surface area contributed by atoms with Crippen LogP contribution in [0.3, 0.4) is 0 Å². The Kier molecular flexibility index (Phi) is 8.42. The second-order valence-electron chi connectivity index (χ2n) is 4.98. The summed E-state index contributed by atoms with van der Waals surface area (Å²) >= 11 is 5.05. The first kappa shape index (κ1) is 19.6. The number of benzene rings is 1. The van der Waals surface area contributed by atoms with Crippen molar-refractivity contribution in [3.63, 3.8) is 0 Å². The smallest absolute Gasteiger partial charge is 0.306 e. The van der Waals surface area contributed by atoms with Crippen LogP contribution >= 0.6 is 12.2 Å². The Morgan fingerprint density at radius 3 is 2.42 bits per heavy atom. The predicted molar refractivity (Wildman–Crippen MR) is 95.6 cm³/mol. The Balaban J connectivity index is 2.41. The van der Waals surface area contributed by atoms with Gasteiger partial charge in [0.2, 0.25) is 11.8 Å². The molecule has 7 nitrogen and oxygen atoms in total. The number of rotatable bonds is 7. The van der Waals surface area contributed by atoms with Crippen LogP contribution in [0.5, 0.6) is 0 Å². The van der Waals surface area contributed by atoms with E-state index < -0.39 is 5.97 Å². The molecule has 2 amide bonds. The minimum atomic E-state index is -0.408. The van der Waals surface area contributed by atoms with Crippen molar-refractivity contribution >= 4 is 46.5 Å². The topological polar surface area (TPSA) is 96.5 Å². The van der Waals surface area contributed by atoms with Gasteiger partial charge < -0.3 is 20.7 Å². The van der Waals surface area contributed by atoms with E-state index in [-0.39, 0.29) is 29.8 Å². The van der Waals surface area contributed by atoms with Gasteiger partial charge in [-0.25, -0.2) is 0 Å². The molecule has 8 heteroatoms. The van der Waals surface area contributed by atoms with Crippen molar-refractivity contribution in [3.05, 3.63) is 24.3 Å². The predicted octanol–water partition coefficient (Wildman–Crippen LogP) is 2.19. The van der Waals surface area contributed by atoms with E-state index in [1.807, 2.05) is 6.92 Å². The summed E-state index contributed by atoms with van der Waals surface area (Å²) in [5.41, 5.74) is 1.23. The van der Waals surface area contributed by atoms with Crippen molar-refractivity contribution in [2.24, 2.45) is 0 Å². The summed E-state index contributed by atoms with van der Waals surface area (Å²) in [5.74, 6) is -0.967. The summed E-state index contributed by atoms with van der Waals surface area (Å²) in [6.07, 6.45) is 0.742. The molecule has 0 aromatic heterocycles. The zero-order valence-corrected chi connectivity index (χ0v) is 14.5. The third-order valence-corrected chi connectivity index (χ3v) is 2.92. The van der Waals surface area contributed by atoms with Crippen LogP contribution in [0, 0.1) is 0 Å². The second-order valence-corrected chi connectivity index (χ2v) is 5.39. The number of thiocarbonyl (C=S) groups is 1. The van der Waals surface area contributed by atoms with E-state index in [2.05, 4.69) is 16.0 Å². The molecule has 0 saturated carbocycles. The Morgan fingerprint density at radius 2 is 1.79 bits per heavy atom. The maximum absolute atomic E-state index is 11.7. The number of nitrogens with one attached hydrogen (secondary N) is 3. The Labute approximate surface area is 146 Å². The maximum atomic E-state index is 11.7. The van der Waals surface area contributed by atoms with Crippen LogP contribution in [-0.4, -0.2) is 29.5 Å². The number of hydrogen-bond donors (Lipinski definition) is 3. The molecule has 0 atom stereocenters. The van der Waals surface area contributed by atoms with Crippen molar-refractivity contribution in [3.8, 4) is 0 Å². The Morgan fingerprint density at radius 1 is 1.12 bits per heavy atom. The second kappa shape index (κ2) is 10.3. The maximum Gasteiger partial charge on any atom is 0.306 e. The minimum Gasteiger partial charge on any atom is -0.466 e. The van der Waals surface area contributed by atoms with Crippen molar-refractivity contribution in [1.29, 1.82) is 0 Å². The van der Waals surface area contributed by atoms with Gasteiger partial charge in [-0.3, -0.25) is 14.4 Å². The molecule has 1 aromatic carbocycles. The minimum absolute atomic E-state index is 0.00367. The monoisotopic (exact) mass is 351 g/mol. The Bertz CT molecular complexity index is 619. The van der Waals surface area contributed by atoms with Crippen molar-refractivity contribution in [2.75, 3.05) is 17.2 Å². The molecule has 0 aliphatic carbocycles. The first-order valence-electron chi connectivity index (χ1n) is 7.54. The molecule has 0 heterocycles. The molecule has 0 aliphatic heterocycles. The van der Waals surface area contributed by atoms with E-state index in [1.165, 1.54) is 6.92 Å². The van der Waals surface area contributed by atoms with Gasteiger partial charge in [-0.1, -0.05) is 13.0 Å². The number of anilines is 2. The summed E-state index contributed by atoms with van der Waals surface area (Å²) in [6.45, 7) is 3.66. The summed E-state index contributed by atoms with van der Waals surface area (Å²) in [7, 11) is 0. The standard InChI is InChI=1S/C16H21N3O4S/c1-3-9-23-15(22)8-7-14(21)19-16(24)18-13-6-4-5-12(10-13)17-11(2)20/h4-6,10H,3,7-9H2,1-2H3,(H,17,20)(H2,18,19,21,24). The van der Waals surface area contributed by atoms with Gasteiger partial charge in [-0.05, 0) is 36.8 Å². The lowest BCUT2D eigenvalue weighted by Crippen LogP contribution is -2.34. The van der Waals surface area contributed by atoms with Crippen molar-refractivity contribution < 1.29 is 19.1 Å². The summed E-state index contributed by atoms with van der Waals surface area (Å²) < 4.78 is 4.89. The zero-order chi connectivity index (χ0) is 17.9. The first-order valence-corrected chi connectivity index (χ1v) is 7.95. The largest absolute Gasteiger partial charge is 0.466 e. The van der Waals surface area contributed by atoms with Gasteiger partial charge in [0.15, 0.2) is 5.11 Å². The van der Waals surface area contributed by atoms with Crippen LogP contribution in [-0.2, 0) is 19.1 Å². The molecule has 3 N–H and O–H groups in total. The normalized spacial score (nSPS) is 9.75. The summed E-state index contributed by atoms with van der Waals surface area (Å²) in [6, 6.07) is 6.89. The fourth-order valence-corrected chi connectivity index (χ4v) is 1.96.